The summed E-state index contributed by atoms with van der Waals surface area (Å²) in [5.74, 6) is -1.03. The summed E-state index contributed by atoms with van der Waals surface area (Å²) in [4.78, 5) is 10.7. The molecule has 0 atom stereocenters. The minimum atomic E-state index is -3.71. The Bertz CT molecular complexity index is 574. The van der Waals surface area contributed by atoms with Crippen LogP contribution in [0.25, 0.3) is 0 Å². The molecule has 1 N–H and O–H groups in total. The van der Waals surface area contributed by atoms with E-state index in [0.717, 1.165) is 4.31 Å². The van der Waals surface area contributed by atoms with Crippen LogP contribution in [-0.4, -0.2) is 36.9 Å². The predicted octanol–water partition coefficient (Wildman–Crippen LogP) is 2.70. The van der Waals surface area contributed by atoms with E-state index in [1.165, 1.54) is 6.07 Å². The fourth-order valence-corrected chi connectivity index (χ4v) is 4.40. The number of aliphatic carboxylic acids is 1. The van der Waals surface area contributed by atoms with Crippen molar-refractivity contribution in [2.75, 3.05) is 13.1 Å². The molecule has 0 saturated heterocycles. The summed E-state index contributed by atoms with van der Waals surface area (Å²) >= 11 is 6.42. The van der Waals surface area contributed by atoms with Crippen molar-refractivity contribution >= 4 is 47.9 Å². The molecule has 0 aromatic heterocycles. The summed E-state index contributed by atoms with van der Waals surface area (Å²) in [5.41, 5.74) is 0. The Kier molecular flexibility index (Phi) is 5.97. The standard InChI is InChI=1S/C11H13Br2NO4S/c1-2-14(6-5-11(15)16)19(17,18)10-7-8(12)3-4-9(10)13/h3-4,7H,2,5-6H2,1H3,(H,15,16). The van der Waals surface area contributed by atoms with Crippen LogP contribution in [0.15, 0.2) is 32.0 Å². The highest BCUT2D eigenvalue weighted by molar-refractivity contribution is 9.11. The van der Waals surface area contributed by atoms with Crippen molar-refractivity contribution in [3.05, 3.63) is 27.1 Å². The molecule has 1 aromatic rings. The molecule has 5 nitrogen and oxygen atoms in total. The second kappa shape index (κ2) is 6.83. The number of hydrogen-bond acceptors (Lipinski definition) is 3. The van der Waals surface area contributed by atoms with Gasteiger partial charge in [-0.25, -0.2) is 8.42 Å². The van der Waals surface area contributed by atoms with Crippen LogP contribution >= 0.6 is 31.9 Å². The van der Waals surface area contributed by atoms with Gasteiger partial charge < -0.3 is 5.11 Å². The van der Waals surface area contributed by atoms with Crippen LogP contribution in [-0.2, 0) is 14.8 Å². The topological polar surface area (TPSA) is 74.7 Å². The van der Waals surface area contributed by atoms with E-state index in [9.17, 15) is 13.2 Å². The first-order chi connectivity index (χ1) is 8.78. The minimum absolute atomic E-state index is 0.0485. The molecule has 0 fully saturated rings. The summed E-state index contributed by atoms with van der Waals surface area (Å²) in [5, 5.41) is 8.65. The van der Waals surface area contributed by atoms with Crippen molar-refractivity contribution < 1.29 is 18.3 Å². The molecule has 0 aliphatic carbocycles. The smallest absolute Gasteiger partial charge is 0.304 e. The van der Waals surface area contributed by atoms with E-state index in [4.69, 9.17) is 5.11 Å². The molecular weight excluding hydrogens is 402 g/mol. The molecule has 0 unspecified atom stereocenters. The number of benzene rings is 1. The number of carboxylic acid groups (broad SMARTS) is 1. The number of sulfonamides is 1. The highest BCUT2D eigenvalue weighted by Crippen LogP contribution is 2.28. The molecule has 0 aliphatic heterocycles. The van der Waals surface area contributed by atoms with Crippen LogP contribution in [0.3, 0.4) is 0 Å². The first kappa shape index (κ1) is 16.6. The van der Waals surface area contributed by atoms with Gasteiger partial charge in [0.1, 0.15) is 0 Å². The molecule has 1 aromatic carbocycles. The zero-order valence-corrected chi connectivity index (χ0v) is 14.1. The molecule has 106 valence electrons. The Morgan fingerprint density at radius 3 is 2.53 bits per heavy atom. The van der Waals surface area contributed by atoms with Crippen molar-refractivity contribution in [2.24, 2.45) is 0 Å². The van der Waals surface area contributed by atoms with Gasteiger partial charge in [0.15, 0.2) is 0 Å². The summed E-state index contributed by atoms with van der Waals surface area (Å²) in [6, 6.07) is 4.83. The fraction of sp³-hybridized carbons (Fsp3) is 0.364. The monoisotopic (exact) mass is 413 g/mol. The van der Waals surface area contributed by atoms with Gasteiger partial charge in [-0.1, -0.05) is 22.9 Å². The molecule has 0 bridgehead atoms. The second-order valence-corrected chi connectivity index (χ2v) is 7.39. The molecular formula is C11H13Br2NO4S. The van der Waals surface area contributed by atoms with Crippen molar-refractivity contribution in [2.45, 2.75) is 18.2 Å². The maximum Gasteiger partial charge on any atom is 0.304 e. The van der Waals surface area contributed by atoms with Crippen molar-refractivity contribution in [3.63, 3.8) is 0 Å². The van der Waals surface area contributed by atoms with Gasteiger partial charge in [-0.05, 0) is 34.1 Å². The summed E-state index contributed by atoms with van der Waals surface area (Å²) in [7, 11) is -3.71. The lowest BCUT2D eigenvalue weighted by molar-refractivity contribution is -0.137. The molecule has 19 heavy (non-hydrogen) atoms. The van der Waals surface area contributed by atoms with Crippen LogP contribution in [0, 0.1) is 0 Å². The SMILES string of the molecule is CCN(CCC(=O)O)S(=O)(=O)c1cc(Br)ccc1Br. The molecule has 0 aliphatic rings. The molecule has 0 amide bonds. The lowest BCUT2D eigenvalue weighted by atomic mass is 10.4. The van der Waals surface area contributed by atoms with Gasteiger partial charge in [0.25, 0.3) is 0 Å². The third-order valence-corrected chi connectivity index (χ3v) is 5.90. The zero-order chi connectivity index (χ0) is 14.6. The number of carbonyl (C=O) groups is 1. The third-order valence-electron chi connectivity index (χ3n) is 2.44. The Hall–Kier alpha value is -0.440. The molecule has 0 heterocycles. The van der Waals surface area contributed by atoms with E-state index in [-0.39, 0.29) is 24.4 Å². The quantitative estimate of drug-likeness (QED) is 0.776. The van der Waals surface area contributed by atoms with Crippen LogP contribution < -0.4 is 0 Å². The predicted molar refractivity (Wildman–Crippen MR) is 78.5 cm³/mol. The number of halogens is 2. The van der Waals surface area contributed by atoms with Gasteiger partial charge in [-0.2, -0.15) is 4.31 Å². The Morgan fingerprint density at radius 1 is 1.37 bits per heavy atom. The number of rotatable bonds is 6. The van der Waals surface area contributed by atoms with Crippen molar-refractivity contribution in [3.8, 4) is 0 Å². The largest absolute Gasteiger partial charge is 0.481 e. The number of hydrogen-bond donors (Lipinski definition) is 1. The van der Waals surface area contributed by atoms with Gasteiger partial charge in [-0.3, -0.25) is 4.79 Å². The third kappa shape index (κ3) is 4.27. The van der Waals surface area contributed by atoms with Gasteiger partial charge >= 0.3 is 5.97 Å². The summed E-state index contributed by atoms with van der Waals surface area (Å²) < 4.78 is 27.1. The lowest BCUT2D eigenvalue weighted by Crippen LogP contribution is -2.33. The fourth-order valence-electron chi connectivity index (χ4n) is 1.48. The van der Waals surface area contributed by atoms with E-state index in [0.29, 0.717) is 8.95 Å². The van der Waals surface area contributed by atoms with Gasteiger partial charge in [0.05, 0.1) is 11.3 Å². The van der Waals surface area contributed by atoms with Gasteiger partial charge in [0.2, 0.25) is 10.0 Å². The average Bonchev–Trinajstić information content (AvgIpc) is 2.32. The van der Waals surface area contributed by atoms with E-state index in [1.807, 2.05) is 0 Å². The molecule has 0 radical (unpaired) electrons. The first-order valence-electron chi connectivity index (χ1n) is 5.46. The minimum Gasteiger partial charge on any atom is -0.481 e. The second-order valence-electron chi connectivity index (χ2n) is 3.72. The highest BCUT2D eigenvalue weighted by Gasteiger charge is 2.25. The first-order valence-corrected chi connectivity index (χ1v) is 8.48. The Morgan fingerprint density at radius 2 is 2.00 bits per heavy atom. The van der Waals surface area contributed by atoms with Crippen LogP contribution in [0.1, 0.15) is 13.3 Å². The highest BCUT2D eigenvalue weighted by atomic mass is 79.9. The summed E-state index contributed by atoms with van der Waals surface area (Å²) in [6.07, 6.45) is -0.224. The van der Waals surface area contributed by atoms with E-state index in [1.54, 1.807) is 19.1 Å². The molecule has 0 spiro atoms. The summed E-state index contributed by atoms with van der Waals surface area (Å²) in [6.45, 7) is 1.84. The normalized spacial score (nSPS) is 11.8. The van der Waals surface area contributed by atoms with Crippen molar-refractivity contribution in [1.29, 1.82) is 0 Å². The van der Waals surface area contributed by atoms with E-state index in [2.05, 4.69) is 31.9 Å². The van der Waals surface area contributed by atoms with Gasteiger partial charge in [-0.15, -0.1) is 0 Å². The Labute approximate surface area is 128 Å². The molecule has 1 rings (SSSR count). The van der Waals surface area contributed by atoms with Gasteiger partial charge in [0, 0.05) is 22.0 Å². The van der Waals surface area contributed by atoms with Crippen molar-refractivity contribution in [1.82, 2.24) is 4.31 Å². The van der Waals surface area contributed by atoms with Crippen LogP contribution in [0.2, 0.25) is 0 Å². The average molecular weight is 415 g/mol. The Balaban J connectivity index is 3.13. The maximum absolute atomic E-state index is 12.4. The number of carboxylic acids is 1. The lowest BCUT2D eigenvalue weighted by Gasteiger charge is -2.20. The van der Waals surface area contributed by atoms with E-state index >= 15 is 0 Å². The molecule has 8 heteroatoms. The maximum atomic E-state index is 12.4. The van der Waals surface area contributed by atoms with Crippen LogP contribution in [0.4, 0.5) is 0 Å². The van der Waals surface area contributed by atoms with Crippen LogP contribution in [0.5, 0.6) is 0 Å². The van der Waals surface area contributed by atoms with E-state index < -0.39 is 16.0 Å². The zero-order valence-electron chi connectivity index (χ0n) is 10.1. The number of nitrogens with zero attached hydrogens (tertiary/aromatic N) is 1. The molecule has 0 saturated carbocycles.